The first-order valence-electron chi connectivity index (χ1n) is 31.3. The fourth-order valence-corrected chi connectivity index (χ4v) is 13.4. The van der Waals surface area contributed by atoms with Crippen molar-refractivity contribution in [2.45, 2.75) is 0 Å². The van der Waals surface area contributed by atoms with Crippen LogP contribution in [0.15, 0.2) is 313 Å². The molecule has 0 spiro atoms. The number of nitrogens with one attached hydrogen (secondary N) is 1. The van der Waals surface area contributed by atoms with Crippen LogP contribution in [-0.4, -0.2) is 34.5 Å². The van der Waals surface area contributed by atoms with E-state index in [4.69, 9.17) is 33.8 Å². The zero-order valence-electron chi connectivity index (χ0n) is 50.5. The van der Waals surface area contributed by atoms with Gasteiger partial charge in [-0.1, -0.05) is 201 Å². The van der Waals surface area contributed by atoms with Crippen LogP contribution in [0, 0.1) is 0 Å². The van der Waals surface area contributed by atoms with E-state index in [1.165, 1.54) is 0 Å². The van der Waals surface area contributed by atoms with Crippen molar-refractivity contribution in [2.24, 2.45) is 0 Å². The van der Waals surface area contributed by atoms with Crippen molar-refractivity contribution in [3.8, 4) is 102 Å². The molecule has 6 heterocycles. The van der Waals surface area contributed by atoms with E-state index < -0.39 is 0 Å². The highest BCUT2D eigenvalue weighted by Gasteiger charge is 2.30. The van der Waals surface area contributed by atoms with E-state index >= 15 is 0 Å². The van der Waals surface area contributed by atoms with Crippen LogP contribution in [0.25, 0.3) is 185 Å². The molecule has 0 saturated heterocycles. The Kier molecular flexibility index (Phi) is 12.8. The lowest BCUT2D eigenvalue weighted by molar-refractivity contribution is -0.581. The summed E-state index contributed by atoms with van der Waals surface area (Å²) >= 11 is 0. The Bertz CT molecular complexity index is 6000. The first kappa shape index (κ1) is 54.1. The lowest BCUT2D eigenvalue weighted by Crippen LogP contribution is -2.40. The Balaban J connectivity index is 0.733. The molecule has 0 bridgehead atoms. The predicted molar refractivity (Wildman–Crippen MR) is 380 cm³/mol. The Morgan fingerprint density at radius 3 is 1.37 bits per heavy atom. The van der Waals surface area contributed by atoms with Crippen molar-refractivity contribution in [3.63, 3.8) is 0 Å². The second kappa shape index (κ2) is 22.2. The summed E-state index contributed by atoms with van der Waals surface area (Å²) in [6.07, 6.45) is 5.89. The third-order valence-electron chi connectivity index (χ3n) is 17.9. The molecule has 0 unspecified atom stereocenters. The molecule has 10 heteroatoms. The number of nitrogens with zero attached hydrogens (tertiary/aromatic N) is 7. The summed E-state index contributed by atoms with van der Waals surface area (Å²) in [5.41, 5.74) is 18.1. The van der Waals surface area contributed by atoms with Crippen LogP contribution in [0.2, 0.25) is 0 Å². The SMILES string of the molecule is C=C/C=C\c1c(-[n+]2c(-c3ccccc3)nc(-c3ccccc3)nc2-c2ccccc2)[nH]c2cc(-c3ccc4oc5ccc(-c6cccc(-c7nc(-c8ccccc8)nc(-n8c9ccccc9c9ccc(-c%10ccc%11oc%12ccccc%12c%11c%10)cc98)n7)c6)cc5c4c3)ccc12. The van der Waals surface area contributed by atoms with Gasteiger partial charge in [-0.05, 0) is 143 Å². The summed E-state index contributed by atoms with van der Waals surface area (Å²) in [5.74, 6) is 4.60. The zero-order valence-corrected chi connectivity index (χ0v) is 50.5. The van der Waals surface area contributed by atoms with E-state index in [1.54, 1.807) is 6.08 Å². The van der Waals surface area contributed by atoms with Crippen LogP contribution in [0.4, 0.5) is 0 Å². The first-order valence-corrected chi connectivity index (χ1v) is 31.3. The maximum atomic E-state index is 6.59. The summed E-state index contributed by atoms with van der Waals surface area (Å²) in [6.45, 7) is 4.06. The molecule has 440 valence electrons. The summed E-state index contributed by atoms with van der Waals surface area (Å²) in [7, 11) is 0. The molecule has 0 aliphatic heterocycles. The lowest BCUT2D eigenvalue weighted by Gasteiger charge is -2.12. The van der Waals surface area contributed by atoms with Gasteiger partial charge < -0.3 is 8.83 Å². The highest BCUT2D eigenvalue weighted by atomic mass is 16.3. The molecule has 12 aromatic carbocycles. The van der Waals surface area contributed by atoms with Crippen molar-refractivity contribution < 1.29 is 13.4 Å². The molecule has 1 N–H and O–H groups in total. The number of benzene rings is 12. The molecular formula is C84H53N8O2+. The van der Waals surface area contributed by atoms with Crippen LogP contribution in [0.3, 0.4) is 0 Å². The van der Waals surface area contributed by atoms with E-state index in [9.17, 15) is 0 Å². The fourth-order valence-electron chi connectivity index (χ4n) is 13.4. The molecule has 94 heavy (non-hydrogen) atoms. The Hall–Kier alpha value is -12.9. The number of aromatic nitrogens is 8. The zero-order chi connectivity index (χ0) is 62.2. The second-order valence-electron chi connectivity index (χ2n) is 23.5. The Morgan fingerprint density at radius 1 is 0.330 bits per heavy atom. The van der Waals surface area contributed by atoms with Gasteiger partial charge in [-0.25, -0.2) is 4.98 Å². The minimum atomic E-state index is 0.522. The largest absolute Gasteiger partial charge is 0.456 e. The standard InChI is InChI=1S/C84H53N8O2/c1-2-3-31-67-63-41-36-60(50-71(63)85-83(67)92-81(54-25-12-6-13-26-54)87-79(53-23-10-5-11-24-53)88-82(92)55-27-14-7-15-28-55)58-39-45-77-70(49-58)69-48-57(38-44-76(69)94-77)56-29-20-30-62(46-56)80-86-78(52-21-8-4-9-22-52)89-84(90-80)91-72-34-18-16-32-64(72)65-42-37-61(51-73(65)91)59-40-43-75-68(47-59)66-33-17-19-35-74(66)93-75/h2-51,85H,1H2/q+1/b31-3-. The van der Waals surface area contributed by atoms with Gasteiger partial charge in [0.2, 0.25) is 23.4 Å². The van der Waals surface area contributed by atoms with Gasteiger partial charge in [0.25, 0.3) is 5.82 Å². The monoisotopic (exact) mass is 1210 g/mol. The van der Waals surface area contributed by atoms with E-state index in [-0.39, 0.29) is 0 Å². The van der Waals surface area contributed by atoms with Crippen LogP contribution >= 0.6 is 0 Å². The highest BCUT2D eigenvalue weighted by molar-refractivity contribution is 6.12. The maximum absolute atomic E-state index is 6.59. The van der Waals surface area contributed by atoms with Crippen molar-refractivity contribution in [3.05, 3.63) is 309 Å². The Labute approximate surface area is 539 Å². The normalized spacial score (nSPS) is 11.8. The first-order chi connectivity index (χ1) is 46.5. The van der Waals surface area contributed by atoms with Gasteiger partial charge in [-0.2, -0.15) is 14.5 Å². The number of hydrogen-bond donors (Lipinski definition) is 1. The van der Waals surface area contributed by atoms with E-state index in [0.717, 1.165) is 161 Å². The number of H-pyrrole nitrogens is 1. The third-order valence-corrected chi connectivity index (χ3v) is 17.9. The van der Waals surface area contributed by atoms with Gasteiger partial charge in [-0.15, -0.1) is 9.97 Å². The van der Waals surface area contributed by atoms with Crippen LogP contribution in [0.5, 0.6) is 0 Å². The minimum absolute atomic E-state index is 0.522. The molecule has 0 amide bonds. The number of furan rings is 2. The molecule has 0 atom stereocenters. The average molecular weight is 1210 g/mol. The van der Waals surface area contributed by atoms with Gasteiger partial charge in [0.05, 0.1) is 22.1 Å². The molecule has 0 aliphatic carbocycles. The van der Waals surface area contributed by atoms with Crippen molar-refractivity contribution >= 4 is 82.7 Å². The molecule has 18 rings (SSSR count). The maximum Gasteiger partial charge on any atom is 0.272 e. The van der Waals surface area contributed by atoms with Gasteiger partial charge in [0, 0.05) is 65.5 Å². The van der Waals surface area contributed by atoms with Gasteiger partial charge in [-0.3, -0.25) is 9.55 Å². The minimum Gasteiger partial charge on any atom is -0.456 e. The van der Waals surface area contributed by atoms with Crippen LogP contribution in [-0.2, 0) is 0 Å². The topological polar surface area (TPSA) is 115 Å². The second-order valence-corrected chi connectivity index (χ2v) is 23.5. The third kappa shape index (κ3) is 9.27. The number of hydrogen-bond acceptors (Lipinski definition) is 7. The molecule has 0 fully saturated rings. The number of rotatable bonds is 12. The van der Waals surface area contributed by atoms with Crippen LogP contribution < -0.4 is 4.57 Å². The smallest absolute Gasteiger partial charge is 0.272 e. The number of fused-ring (bicyclic) bond motifs is 10. The molecule has 18 aromatic rings. The summed E-state index contributed by atoms with van der Waals surface area (Å²) < 4.78 is 17.2. The Morgan fingerprint density at radius 2 is 0.766 bits per heavy atom. The van der Waals surface area contributed by atoms with Crippen LogP contribution in [0.1, 0.15) is 5.56 Å². The van der Waals surface area contributed by atoms with E-state index in [1.807, 2.05) is 103 Å². The van der Waals surface area contributed by atoms with Crippen molar-refractivity contribution in [2.75, 3.05) is 0 Å². The molecule has 6 aromatic heterocycles. The van der Waals surface area contributed by atoms with E-state index in [2.05, 4.69) is 215 Å². The van der Waals surface area contributed by atoms with Crippen molar-refractivity contribution in [1.82, 2.24) is 34.5 Å². The quantitative estimate of drug-likeness (QED) is 0.0957. The van der Waals surface area contributed by atoms with E-state index in [0.29, 0.717) is 23.4 Å². The lowest BCUT2D eigenvalue weighted by atomic mass is 9.98. The average Bonchev–Trinajstić information content (AvgIpc) is 1.56. The molecule has 0 radical (unpaired) electrons. The number of aromatic amines is 1. The predicted octanol–water partition coefficient (Wildman–Crippen LogP) is 20.9. The van der Waals surface area contributed by atoms with Crippen molar-refractivity contribution in [1.29, 1.82) is 0 Å². The summed E-state index contributed by atoms with van der Waals surface area (Å²) in [4.78, 5) is 30.5. The fraction of sp³-hybridized carbons (Fsp3) is 0. The highest BCUT2D eigenvalue weighted by Crippen LogP contribution is 2.41. The molecule has 0 aliphatic rings. The van der Waals surface area contributed by atoms with Gasteiger partial charge in [0.1, 0.15) is 22.3 Å². The summed E-state index contributed by atoms with van der Waals surface area (Å²) in [5, 5.41) is 7.44. The molecule has 10 nitrogen and oxygen atoms in total. The number of allylic oxidation sites excluding steroid dienone is 2. The molecule has 0 saturated carbocycles. The van der Waals surface area contributed by atoms with Gasteiger partial charge >= 0.3 is 0 Å². The summed E-state index contributed by atoms with van der Waals surface area (Å²) in [6, 6.07) is 98.7. The molecular weight excluding hydrogens is 1150 g/mol. The number of para-hydroxylation sites is 2. The van der Waals surface area contributed by atoms with Gasteiger partial charge in [0.15, 0.2) is 11.6 Å².